The molecular formula is C20H25N5O2. The molecule has 1 aromatic carbocycles. The molecule has 0 radical (unpaired) electrons. The van der Waals surface area contributed by atoms with Crippen LogP contribution in [0, 0.1) is 13.8 Å². The van der Waals surface area contributed by atoms with E-state index in [9.17, 15) is 9.59 Å². The molecule has 2 amide bonds. The lowest BCUT2D eigenvalue weighted by atomic mass is 10.1. The monoisotopic (exact) mass is 367 g/mol. The topological polar surface area (TPSA) is 78.4 Å². The van der Waals surface area contributed by atoms with Crippen LogP contribution in [0.1, 0.15) is 34.2 Å². The number of hydrogen-bond donors (Lipinski definition) is 1. The Morgan fingerprint density at radius 1 is 1.04 bits per heavy atom. The zero-order chi connectivity index (χ0) is 19.4. The largest absolute Gasteiger partial charge is 0.350 e. The molecule has 1 fully saturated rings. The van der Waals surface area contributed by atoms with Gasteiger partial charge in [-0.3, -0.25) is 9.59 Å². The second-order valence-corrected chi connectivity index (χ2v) is 6.86. The van der Waals surface area contributed by atoms with Crippen LogP contribution >= 0.6 is 0 Å². The molecule has 0 bridgehead atoms. The second kappa shape index (κ2) is 8.16. The van der Waals surface area contributed by atoms with Gasteiger partial charge in [-0.15, -0.1) is 0 Å². The average Bonchev–Trinajstić information content (AvgIpc) is 2.65. The summed E-state index contributed by atoms with van der Waals surface area (Å²) in [7, 11) is 0. The minimum Gasteiger partial charge on any atom is -0.350 e. The first-order chi connectivity index (χ1) is 12.9. The molecule has 2 heterocycles. The summed E-state index contributed by atoms with van der Waals surface area (Å²) in [4.78, 5) is 36.5. The molecular weight excluding hydrogens is 342 g/mol. The van der Waals surface area contributed by atoms with E-state index in [1.54, 1.807) is 22.8 Å². The van der Waals surface area contributed by atoms with Crippen LogP contribution in [-0.2, 0) is 11.3 Å². The number of benzene rings is 1. The number of nitrogens with zero attached hydrogens (tertiary/aromatic N) is 4. The Labute approximate surface area is 159 Å². The van der Waals surface area contributed by atoms with Crippen molar-refractivity contribution >= 4 is 17.8 Å². The van der Waals surface area contributed by atoms with Crippen molar-refractivity contribution in [2.75, 3.05) is 31.5 Å². The van der Waals surface area contributed by atoms with E-state index < -0.39 is 0 Å². The first kappa shape index (κ1) is 18.8. The van der Waals surface area contributed by atoms with Gasteiger partial charge >= 0.3 is 0 Å². The highest BCUT2D eigenvalue weighted by Gasteiger charge is 2.24. The number of rotatable bonds is 4. The van der Waals surface area contributed by atoms with Gasteiger partial charge in [-0.25, -0.2) is 9.97 Å². The van der Waals surface area contributed by atoms with Gasteiger partial charge in [0.1, 0.15) is 5.69 Å². The summed E-state index contributed by atoms with van der Waals surface area (Å²) in [5.41, 5.74) is 3.45. The van der Waals surface area contributed by atoms with Crippen LogP contribution in [0.3, 0.4) is 0 Å². The van der Waals surface area contributed by atoms with Gasteiger partial charge in [0, 0.05) is 45.3 Å². The number of amides is 2. The van der Waals surface area contributed by atoms with Crippen LogP contribution in [0.4, 0.5) is 5.95 Å². The molecule has 0 aliphatic carbocycles. The zero-order valence-electron chi connectivity index (χ0n) is 16.0. The summed E-state index contributed by atoms with van der Waals surface area (Å²) < 4.78 is 0. The van der Waals surface area contributed by atoms with Crippen molar-refractivity contribution in [1.82, 2.24) is 19.8 Å². The van der Waals surface area contributed by atoms with Crippen molar-refractivity contribution in [3.63, 3.8) is 0 Å². The van der Waals surface area contributed by atoms with E-state index in [1.807, 2.05) is 19.1 Å². The summed E-state index contributed by atoms with van der Waals surface area (Å²) in [6.45, 7) is 8.21. The van der Waals surface area contributed by atoms with Gasteiger partial charge in [0.2, 0.25) is 11.9 Å². The van der Waals surface area contributed by atoms with Gasteiger partial charge in [0.05, 0.1) is 0 Å². The van der Waals surface area contributed by atoms with Gasteiger partial charge in [0.15, 0.2) is 0 Å². The number of hydrogen-bond acceptors (Lipinski definition) is 5. The second-order valence-electron chi connectivity index (χ2n) is 6.86. The van der Waals surface area contributed by atoms with Crippen LogP contribution < -0.4 is 5.32 Å². The number of carbonyl (C=O) groups is 2. The van der Waals surface area contributed by atoms with Crippen molar-refractivity contribution in [3.8, 4) is 0 Å². The maximum Gasteiger partial charge on any atom is 0.272 e. The summed E-state index contributed by atoms with van der Waals surface area (Å²) >= 11 is 0. The molecule has 7 nitrogen and oxygen atoms in total. The number of carbonyl (C=O) groups excluding carboxylic acids is 2. The Balaban J connectivity index is 1.67. The maximum absolute atomic E-state index is 12.8. The molecule has 0 saturated carbocycles. The fourth-order valence-electron chi connectivity index (χ4n) is 3.15. The summed E-state index contributed by atoms with van der Waals surface area (Å²) in [5.74, 6) is 0.368. The van der Waals surface area contributed by atoms with E-state index in [0.29, 0.717) is 44.4 Å². The van der Waals surface area contributed by atoms with E-state index in [4.69, 9.17) is 0 Å². The van der Waals surface area contributed by atoms with Crippen molar-refractivity contribution in [1.29, 1.82) is 0 Å². The molecule has 7 heteroatoms. The van der Waals surface area contributed by atoms with Gasteiger partial charge in [-0.05, 0) is 25.5 Å². The minimum absolute atomic E-state index is 0.0441. The molecule has 0 spiro atoms. The SMILES string of the molecule is CC(=O)N1CCN(C(=O)c2cc(C)nc(NCc3cccc(C)c3)n2)CC1. The highest BCUT2D eigenvalue weighted by atomic mass is 16.2. The molecule has 0 atom stereocenters. The molecule has 142 valence electrons. The molecule has 1 N–H and O–H groups in total. The Bertz CT molecular complexity index is 844. The lowest BCUT2D eigenvalue weighted by molar-refractivity contribution is -0.130. The third-order valence-corrected chi connectivity index (χ3v) is 4.62. The van der Waals surface area contributed by atoms with Crippen LogP contribution in [0.2, 0.25) is 0 Å². The molecule has 1 saturated heterocycles. The third kappa shape index (κ3) is 4.81. The third-order valence-electron chi connectivity index (χ3n) is 4.62. The molecule has 3 rings (SSSR count). The fourth-order valence-corrected chi connectivity index (χ4v) is 3.15. The predicted octanol–water partition coefficient (Wildman–Crippen LogP) is 2.01. The quantitative estimate of drug-likeness (QED) is 0.894. The van der Waals surface area contributed by atoms with Crippen molar-refractivity contribution in [2.45, 2.75) is 27.3 Å². The molecule has 0 unspecified atom stereocenters. The Hall–Kier alpha value is -2.96. The van der Waals surface area contributed by atoms with Crippen LogP contribution in [0.25, 0.3) is 0 Å². The van der Waals surface area contributed by atoms with E-state index in [-0.39, 0.29) is 11.8 Å². The lowest BCUT2D eigenvalue weighted by Crippen LogP contribution is -2.50. The predicted molar refractivity (Wildman–Crippen MR) is 103 cm³/mol. The van der Waals surface area contributed by atoms with Crippen LogP contribution in [0.15, 0.2) is 30.3 Å². The van der Waals surface area contributed by atoms with E-state index in [1.165, 1.54) is 5.56 Å². The maximum atomic E-state index is 12.8. The Morgan fingerprint density at radius 3 is 2.41 bits per heavy atom. The smallest absolute Gasteiger partial charge is 0.272 e. The first-order valence-corrected chi connectivity index (χ1v) is 9.12. The van der Waals surface area contributed by atoms with Gasteiger partial charge in [0.25, 0.3) is 5.91 Å². The average molecular weight is 367 g/mol. The number of piperazine rings is 1. The Kier molecular flexibility index (Phi) is 5.69. The molecule has 2 aromatic rings. The van der Waals surface area contributed by atoms with Gasteiger partial charge in [-0.2, -0.15) is 0 Å². The molecule has 1 aromatic heterocycles. The van der Waals surface area contributed by atoms with Crippen LogP contribution in [0.5, 0.6) is 0 Å². The standard InChI is InChI=1S/C20H25N5O2/c1-14-5-4-6-17(11-14)13-21-20-22-15(2)12-18(23-20)19(27)25-9-7-24(8-10-25)16(3)26/h4-6,11-12H,7-10,13H2,1-3H3,(H,21,22,23). The zero-order valence-corrected chi connectivity index (χ0v) is 16.0. The first-order valence-electron chi connectivity index (χ1n) is 9.12. The van der Waals surface area contributed by atoms with E-state index >= 15 is 0 Å². The van der Waals surface area contributed by atoms with Crippen molar-refractivity contribution < 1.29 is 9.59 Å². The van der Waals surface area contributed by atoms with E-state index in [2.05, 4.69) is 34.3 Å². The lowest BCUT2D eigenvalue weighted by Gasteiger charge is -2.34. The van der Waals surface area contributed by atoms with Crippen molar-refractivity contribution in [2.24, 2.45) is 0 Å². The highest BCUT2D eigenvalue weighted by Crippen LogP contribution is 2.12. The summed E-state index contributed by atoms with van der Waals surface area (Å²) in [6.07, 6.45) is 0. The fraction of sp³-hybridized carbons (Fsp3) is 0.400. The van der Waals surface area contributed by atoms with Crippen molar-refractivity contribution in [3.05, 3.63) is 52.8 Å². The summed E-state index contributed by atoms with van der Waals surface area (Å²) in [5, 5.41) is 3.20. The van der Waals surface area contributed by atoms with Gasteiger partial charge in [-0.1, -0.05) is 29.8 Å². The number of nitrogens with one attached hydrogen (secondary N) is 1. The van der Waals surface area contributed by atoms with Crippen LogP contribution in [-0.4, -0.2) is 57.8 Å². The minimum atomic E-state index is -0.123. The number of aryl methyl sites for hydroxylation is 2. The Morgan fingerprint density at radius 2 is 1.74 bits per heavy atom. The molecule has 1 aliphatic rings. The normalized spacial score (nSPS) is 14.2. The number of anilines is 1. The highest BCUT2D eigenvalue weighted by molar-refractivity contribution is 5.93. The molecule has 1 aliphatic heterocycles. The number of aromatic nitrogens is 2. The van der Waals surface area contributed by atoms with Gasteiger partial charge < -0.3 is 15.1 Å². The summed E-state index contributed by atoms with van der Waals surface area (Å²) in [6, 6.07) is 9.91. The van der Waals surface area contributed by atoms with E-state index in [0.717, 1.165) is 11.3 Å². The molecule has 27 heavy (non-hydrogen) atoms.